The fraction of sp³-hybridized carbons (Fsp3) is 0.429. The summed E-state index contributed by atoms with van der Waals surface area (Å²) < 4.78 is 0. The molecule has 0 saturated carbocycles. The summed E-state index contributed by atoms with van der Waals surface area (Å²) in [6.45, 7) is -0.919. The number of carbonyl (C=O) groups is 2. The van der Waals surface area contributed by atoms with Gasteiger partial charge in [-0.2, -0.15) is 0 Å². The zero-order chi connectivity index (χ0) is 10.0. The number of carbonyl (C=O) groups excluding carboxylic acids is 2. The average Bonchev–Trinajstić information content (AvgIpc) is 2.31. The van der Waals surface area contributed by atoms with Crippen molar-refractivity contribution in [3.8, 4) is 12.3 Å². The molecule has 3 amide bonds. The van der Waals surface area contributed by atoms with Crippen molar-refractivity contribution in [2.24, 2.45) is 0 Å². The van der Waals surface area contributed by atoms with Crippen LogP contribution in [-0.4, -0.2) is 51.5 Å². The van der Waals surface area contributed by atoms with E-state index in [0.29, 0.717) is 4.90 Å². The summed E-state index contributed by atoms with van der Waals surface area (Å²) >= 11 is 0. The van der Waals surface area contributed by atoms with Crippen LogP contribution in [-0.2, 0) is 4.79 Å². The molecule has 13 heavy (non-hydrogen) atoms. The van der Waals surface area contributed by atoms with Crippen LogP contribution in [0.1, 0.15) is 0 Å². The number of aliphatic hydroxyl groups is 2. The van der Waals surface area contributed by atoms with Gasteiger partial charge in [-0.3, -0.25) is 9.69 Å². The lowest BCUT2D eigenvalue weighted by molar-refractivity contribution is -0.138. The van der Waals surface area contributed by atoms with E-state index in [2.05, 4.69) is 5.92 Å². The molecule has 0 spiro atoms. The lowest BCUT2D eigenvalue weighted by atomic mass is 10.5. The molecule has 0 aliphatic carbocycles. The van der Waals surface area contributed by atoms with E-state index in [1.54, 1.807) is 0 Å². The zero-order valence-corrected chi connectivity index (χ0v) is 6.67. The van der Waals surface area contributed by atoms with Gasteiger partial charge in [0.1, 0.15) is 6.73 Å². The van der Waals surface area contributed by atoms with Crippen LogP contribution in [0.4, 0.5) is 4.79 Å². The van der Waals surface area contributed by atoms with Gasteiger partial charge in [-0.05, 0) is 0 Å². The summed E-state index contributed by atoms with van der Waals surface area (Å²) in [5.41, 5.74) is 0. The lowest BCUT2D eigenvalue weighted by Crippen LogP contribution is -2.35. The molecule has 0 aromatic heterocycles. The highest BCUT2D eigenvalue weighted by atomic mass is 16.3. The number of rotatable bonds is 2. The quantitative estimate of drug-likeness (QED) is 0.390. The molecule has 1 aliphatic rings. The highest BCUT2D eigenvalue weighted by Crippen LogP contribution is 2.13. The Morgan fingerprint density at radius 3 is 2.54 bits per heavy atom. The van der Waals surface area contributed by atoms with E-state index in [1.807, 2.05) is 0 Å². The number of nitrogens with zero attached hydrogens (tertiary/aromatic N) is 2. The highest BCUT2D eigenvalue weighted by Gasteiger charge is 2.43. The molecule has 1 atom stereocenters. The Morgan fingerprint density at radius 1 is 1.54 bits per heavy atom. The Hall–Kier alpha value is -1.58. The third kappa shape index (κ3) is 1.35. The normalized spacial score (nSPS) is 22.4. The fourth-order valence-electron chi connectivity index (χ4n) is 1.01. The average molecular weight is 184 g/mol. The van der Waals surface area contributed by atoms with E-state index in [9.17, 15) is 9.59 Å². The minimum absolute atomic E-state index is 0.164. The second-order valence-corrected chi connectivity index (χ2v) is 2.40. The van der Waals surface area contributed by atoms with Crippen molar-refractivity contribution in [3.05, 3.63) is 0 Å². The van der Waals surface area contributed by atoms with Gasteiger partial charge in [0.25, 0.3) is 5.91 Å². The maximum atomic E-state index is 11.2. The third-order valence-electron chi connectivity index (χ3n) is 1.66. The molecule has 1 rings (SSSR count). The Morgan fingerprint density at radius 2 is 2.15 bits per heavy atom. The summed E-state index contributed by atoms with van der Waals surface area (Å²) in [5.74, 6) is 1.26. The van der Waals surface area contributed by atoms with E-state index < -0.39 is 24.9 Å². The molecule has 1 aliphatic heterocycles. The molecule has 0 bridgehead atoms. The first kappa shape index (κ1) is 9.51. The van der Waals surface area contributed by atoms with E-state index in [4.69, 9.17) is 16.6 Å². The van der Waals surface area contributed by atoms with Gasteiger partial charge in [0.15, 0.2) is 0 Å². The standard InChI is InChI=1S/C7H8N2O4/c1-2-3-8-5(11)6(12)9(4-10)7(8)13/h1,5,10-11H,3-4H2. The molecular weight excluding hydrogens is 176 g/mol. The smallest absolute Gasteiger partial charge is 0.332 e. The molecular formula is C7H8N2O4. The largest absolute Gasteiger partial charge is 0.376 e. The molecule has 6 nitrogen and oxygen atoms in total. The van der Waals surface area contributed by atoms with Crippen LogP contribution in [0.3, 0.4) is 0 Å². The van der Waals surface area contributed by atoms with Crippen molar-refractivity contribution in [3.63, 3.8) is 0 Å². The minimum Gasteiger partial charge on any atom is -0.376 e. The van der Waals surface area contributed by atoms with Crippen LogP contribution < -0.4 is 0 Å². The third-order valence-corrected chi connectivity index (χ3v) is 1.66. The molecule has 70 valence electrons. The monoisotopic (exact) mass is 184 g/mol. The molecule has 1 unspecified atom stereocenters. The van der Waals surface area contributed by atoms with E-state index in [1.165, 1.54) is 0 Å². The molecule has 0 radical (unpaired) electrons. The van der Waals surface area contributed by atoms with Crippen molar-refractivity contribution in [1.29, 1.82) is 0 Å². The highest BCUT2D eigenvalue weighted by molar-refractivity contribution is 6.03. The maximum Gasteiger partial charge on any atom is 0.332 e. The summed E-state index contributed by atoms with van der Waals surface area (Å²) in [5, 5.41) is 17.8. The van der Waals surface area contributed by atoms with Crippen molar-refractivity contribution in [2.45, 2.75) is 6.23 Å². The van der Waals surface area contributed by atoms with Gasteiger partial charge in [0, 0.05) is 0 Å². The Kier molecular flexibility index (Phi) is 2.51. The van der Waals surface area contributed by atoms with Crippen molar-refractivity contribution in [1.82, 2.24) is 9.80 Å². The zero-order valence-electron chi connectivity index (χ0n) is 6.67. The summed E-state index contributed by atoms with van der Waals surface area (Å²) in [7, 11) is 0. The molecule has 0 aromatic carbocycles. The van der Waals surface area contributed by atoms with Gasteiger partial charge in [0.2, 0.25) is 6.23 Å². The first-order valence-corrected chi connectivity index (χ1v) is 3.48. The molecule has 1 heterocycles. The first-order chi connectivity index (χ1) is 6.13. The topological polar surface area (TPSA) is 81.1 Å². The van der Waals surface area contributed by atoms with E-state index in [0.717, 1.165) is 4.90 Å². The molecule has 6 heteroatoms. The van der Waals surface area contributed by atoms with Crippen LogP contribution in [0.25, 0.3) is 0 Å². The predicted octanol–water partition coefficient (Wildman–Crippen LogP) is -1.85. The van der Waals surface area contributed by atoms with Crippen LogP contribution >= 0.6 is 0 Å². The summed E-state index contributed by atoms with van der Waals surface area (Å²) in [4.78, 5) is 23.5. The fourth-order valence-corrected chi connectivity index (χ4v) is 1.01. The molecule has 1 fully saturated rings. The van der Waals surface area contributed by atoms with Crippen LogP contribution in [0.2, 0.25) is 0 Å². The van der Waals surface area contributed by atoms with Crippen molar-refractivity contribution >= 4 is 11.9 Å². The summed E-state index contributed by atoms with van der Waals surface area (Å²) in [6.07, 6.45) is 3.34. The van der Waals surface area contributed by atoms with Gasteiger partial charge < -0.3 is 10.2 Å². The Balaban J connectivity index is 2.86. The maximum absolute atomic E-state index is 11.2. The number of imide groups is 1. The molecule has 1 saturated heterocycles. The molecule has 2 N–H and O–H groups in total. The first-order valence-electron chi connectivity index (χ1n) is 3.48. The molecule has 0 aromatic rings. The van der Waals surface area contributed by atoms with E-state index >= 15 is 0 Å². The van der Waals surface area contributed by atoms with E-state index in [-0.39, 0.29) is 6.54 Å². The van der Waals surface area contributed by atoms with Crippen molar-refractivity contribution < 1.29 is 19.8 Å². The van der Waals surface area contributed by atoms with Gasteiger partial charge in [-0.1, -0.05) is 5.92 Å². The predicted molar refractivity (Wildman–Crippen MR) is 40.9 cm³/mol. The Labute approximate surface area is 74.4 Å². The SMILES string of the molecule is C#CCN1C(=O)N(CO)C(=O)C1O. The van der Waals surface area contributed by atoms with Crippen LogP contribution in [0.15, 0.2) is 0 Å². The van der Waals surface area contributed by atoms with Crippen LogP contribution in [0, 0.1) is 12.3 Å². The van der Waals surface area contributed by atoms with Gasteiger partial charge >= 0.3 is 6.03 Å². The van der Waals surface area contributed by atoms with Crippen molar-refractivity contribution in [2.75, 3.05) is 13.3 Å². The lowest BCUT2D eigenvalue weighted by Gasteiger charge is -2.13. The van der Waals surface area contributed by atoms with Gasteiger partial charge in [-0.15, -0.1) is 6.42 Å². The van der Waals surface area contributed by atoms with Gasteiger partial charge in [0.05, 0.1) is 6.54 Å². The van der Waals surface area contributed by atoms with Crippen LogP contribution in [0.5, 0.6) is 0 Å². The minimum atomic E-state index is -1.57. The van der Waals surface area contributed by atoms with Gasteiger partial charge in [-0.25, -0.2) is 9.69 Å². The second kappa shape index (κ2) is 3.43. The second-order valence-electron chi connectivity index (χ2n) is 2.40. The number of hydrogen-bond acceptors (Lipinski definition) is 4. The summed E-state index contributed by atoms with van der Waals surface area (Å²) in [6, 6.07) is -0.780. The number of urea groups is 1. The number of hydrogen-bond donors (Lipinski definition) is 2. The Bertz CT molecular complexity index is 283. The number of amides is 3. The number of aliphatic hydroxyl groups excluding tert-OH is 2. The number of terminal acetylenes is 1.